The number of hydrogen-bond donors (Lipinski definition) is 1. The number of nitrogens with one attached hydrogen (secondary N) is 1. The molecule has 1 aromatic heterocycles. The van der Waals surface area contributed by atoms with Gasteiger partial charge >= 0.3 is 0 Å². The summed E-state index contributed by atoms with van der Waals surface area (Å²) in [5.74, 6) is 1.86. The van der Waals surface area contributed by atoms with Gasteiger partial charge < -0.3 is 14.8 Å². The fourth-order valence-corrected chi connectivity index (χ4v) is 2.80. The van der Waals surface area contributed by atoms with Crippen molar-refractivity contribution in [2.75, 3.05) is 7.11 Å². The maximum atomic E-state index is 12.7. The Hall–Kier alpha value is -3.34. The van der Waals surface area contributed by atoms with Crippen LogP contribution in [0, 0.1) is 0 Å². The summed E-state index contributed by atoms with van der Waals surface area (Å²) in [7, 11) is 1.62. The van der Waals surface area contributed by atoms with Crippen molar-refractivity contribution in [3.05, 3.63) is 84.2 Å². The molecule has 3 aromatic rings. The van der Waals surface area contributed by atoms with Gasteiger partial charge in [-0.3, -0.25) is 9.78 Å². The molecule has 0 bridgehead atoms. The molecule has 0 aliphatic carbocycles. The first kappa shape index (κ1) is 18.5. The number of methoxy groups -OCH3 is 1. The average molecular weight is 362 g/mol. The van der Waals surface area contributed by atoms with Crippen molar-refractivity contribution in [3.8, 4) is 17.2 Å². The van der Waals surface area contributed by atoms with Crippen LogP contribution < -0.4 is 14.8 Å². The number of aromatic nitrogens is 1. The van der Waals surface area contributed by atoms with Crippen LogP contribution in [0.15, 0.2) is 73.1 Å². The second-order valence-corrected chi connectivity index (χ2v) is 6.59. The van der Waals surface area contributed by atoms with Gasteiger partial charge in [-0.25, -0.2) is 0 Å². The average Bonchev–Trinajstić information content (AvgIpc) is 2.69. The molecule has 0 saturated carbocycles. The second kappa shape index (κ2) is 7.91. The number of hydrogen-bond acceptors (Lipinski definition) is 4. The highest BCUT2D eigenvalue weighted by Crippen LogP contribution is 2.29. The first-order chi connectivity index (χ1) is 13.0. The molecule has 0 atom stereocenters. The van der Waals surface area contributed by atoms with Gasteiger partial charge in [0.15, 0.2) is 0 Å². The number of benzene rings is 2. The SMILES string of the molecule is COc1ccccc1C(C)(C)NC(=O)c1ccc(Oc2cccnc2)cc1. The normalized spacial score (nSPS) is 10.9. The zero-order valence-electron chi connectivity index (χ0n) is 15.6. The minimum atomic E-state index is -0.589. The zero-order chi connectivity index (χ0) is 19.3. The lowest BCUT2D eigenvalue weighted by molar-refractivity contribution is 0.0911. The molecule has 27 heavy (non-hydrogen) atoms. The number of para-hydroxylation sites is 1. The quantitative estimate of drug-likeness (QED) is 0.699. The lowest BCUT2D eigenvalue weighted by Crippen LogP contribution is -2.41. The lowest BCUT2D eigenvalue weighted by Gasteiger charge is -2.28. The standard InChI is InChI=1S/C22H22N2O3/c1-22(2,19-8-4-5-9-20(19)26-3)24-21(25)16-10-12-17(13-11-16)27-18-7-6-14-23-15-18/h4-15H,1-3H3,(H,24,25). The highest BCUT2D eigenvalue weighted by Gasteiger charge is 2.26. The van der Waals surface area contributed by atoms with E-state index < -0.39 is 5.54 Å². The molecule has 0 aliphatic heterocycles. The molecule has 1 heterocycles. The van der Waals surface area contributed by atoms with Crippen LogP contribution in [0.1, 0.15) is 29.8 Å². The Morgan fingerprint density at radius 3 is 2.37 bits per heavy atom. The van der Waals surface area contributed by atoms with Crippen molar-refractivity contribution in [2.24, 2.45) is 0 Å². The minimum Gasteiger partial charge on any atom is -0.496 e. The summed E-state index contributed by atoms with van der Waals surface area (Å²) in [6.07, 6.45) is 3.32. The molecule has 1 amide bonds. The molecule has 5 nitrogen and oxygen atoms in total. The van der Waals surface area contributed by atoms with E-state index in [1.54, 1.807) is 49.8 Å². The Morgan fingerprint density at radius 2 is 1.70 bits per heavy atom. The number of rotatable bonds is 6. The van der Waals surface area contributed by atoms with E-state index in [1.807, 2.05) is 44.2 Å². The van der Waals surface area contributed by atoms with Crippen LogP contribution in [0.25, 0.3) is 0 Å². The van der Waals surface area contributed by atoms with Crippen molar-refractivity contribution in [3.63, 3.8) is 0 Å². The van der Waals surface area contributed by atoms with Gasteiger partial charge in [0.1, 0.15) is 17.2 Å². The van der Waals surface area contributed by atoms with Crippen molar-refractivity contribution in [1.29, 1.82) is 0 Å². The lowest BCUT2D eigenvalue weighted by atomic mass is 9.93. The van der Waals surface area contributed by atoms with Crippen molar-refractivity contribution in [2.45, 2.75) is 19.4 Å². The van der Waals surface area contributed by atoms with Crippen molar-refractivity contribution in [1.82, 2.24) is 10.3 Å². The zero-order valence-corrected chi connectivity index (χ0v) is 15.6. The van der Waals surface area contributed by atoms with E-state index in [0.29, 0.717) is 17.1 Å². The van der Waals surface area contributed by atoms with Crippen LogP contribution in [0.3, 0.4) is 0 Å². The molecule has 0 spiro atoms. The van der Waals surface area contributed by atoms with Crippen LogP contribution in [-0.4, -0.2) is 18.0 Å². The summed E-state index contributed by atoms with van der Waals surface area (Å²) in [5, 5.41) is 3.06. The maximum Gasteiger partial charge on any atom is 0.251 e. The van der Waals surface area contributed by atoms with Gasteiger partial charge in [-0.1, -0.05) is 18.2 Å². The van der Waals surface area contributed by atoms with Gasteiger partial charge in [0.2, 0.25) is 0 Å². The number of nitrogens with zero attached hydrogens (tertiary/aromatic N) is 1. The summed E-state index contributed by atoms with van der Waals surface area (Å²) in [6, 6.07) is 18.3. The molecule has 2 aromatic carbocycles. The van der Waals surface area contributed by atoms with Gasteiger partial charge in [-0.2, -0.15) is 0 Å². The van der Waals surface area contributed by atoms with E-state index in [-0.39, 0.29) is 5.91 Å². The number of carbonyl (C=O) groups is 1. The van der Waals surface area contributed by atoms with Crippen molar-refractivity contribution >= 4 is 5.91 Å². The van der Waals surface area contributed by atoms with E-state index in [9.17, 15) is 4.79 Å². The first-order valence-electron chi connectivity index (χ1n) is 8.63. The van der Waals surface area contributed by atoms with Gasteiger partial charge in [-0.15, -0.1) is 0 Å². The molecule has 0 unspecified atom stereocenters. The van der Waals surface area contributed by atoms with Crippen LogP contribution in [0.5, 0.6) is 17.2 Å². The van der Waals surface area contributed by atoms with E-state index in [4.69, 9.17) is 9.47 Å². The molecule has 0 saturated heterocycles. The summed E-state index contributed by atoms with van der Waals surface area (Å²) in [5.41, 5.74) is 0.878. The van der Waals surface area contributed by atoms with Crippen molar-refractivity contribution < 1.29 is 14.3 Å². The largest absolute Gasteiger partial charge is 0.496 e. The third-order valence-electron chi connectivity index (χ3n) is 4.19. The predicted octanol–water partition coefficient (Wildman–Crippen LogP) is 4.55. The molecular weight excluding hydrogens is 340 g/mol. The number of pyridine rings is 1. The molecule has 0 fully saturated rings. The fraction of sp³-hybridized carbons (Fsp3) is 0.182. The third kappa shape index (κ3) is 4.44. The highest BCUT2D eigenvalue weighted by molar-refractivity contribution is 5.94. The smallest absolute Gasteiger partial charge is 0.251 e. The summed E-state index contributed by atoms with van der Waals surface area (Å²) >= 11 is 0. The van der Waals surface area contributed by atoms with Gasteiger partial charge in [-0.05, 0) is 56.3 Å². The van der Waals surface area contributed by atoms with Crippen LogP contribution in [-0.2, 0) is 5.54 Å². The van der Waals surface area contributed by atoms with E-state index in [0.717, 1.165) is 11.3 Å². The minimum absolute atomic E-state index is 0.168. The number of carbonyl (C=O) groups excluding carboxylic acids is 1. The monoisotopic (exact) mass is 362 g/mol. The summed E-state index contributed by atoms with van der Waals surface area (Å²) in [4.78, 5) is 16.7. The third-order valence-corrected chi connectivity index (χ3v) is 4.19. The number of amides is 1. The van der Waals surface area contributed by atoms with E-state index >= 15 is 0 Å². The summed E-state index contributed by atoms with van der Waals surface area (Å²) in [6.45, 7) is 3.89. The van der Waals surface area contributed by atoms with Gasteiger partial charge in [0.25, 0.3) is 5.91 Å². The second-order valence-electron chi connectivity index (χ2n) is 6.59. The number of ether oxygens (including phenoxy) is 2. The molecule has 138 valence electrons. The Morgan fingerprint density at radius 1 is 0.963 bits per heavy atom. The highest BCUT2D eigenvalue weighted by atomic mass is 16.5. The maximum absolute atomic E-state index is 12.7. The predicted molar refractivity (Wildman–Crippen MR) is 104 cm³/mol. The Bertz CT molecular complexity index is 906. The van der Waals surface area contributed by atoms with Gasteiger partial charge in [0.05, 0.1) is 18.8 Å². The van der Waals surface area contributed by atoms with E-state index in [2.05, 4.69) is 10.3 Å². The Balaban J connectivity index is 1.72. The van der Waals surface area contributed by atoms with Crippen LogP contribution in [0.4, 0.5) is 0 Å². The van der Waals surface area contributed by atoms with Crippen LogP contribution >= 0.6 is 0 Å². The summed E-state index contributed by atoms with van der Waals surface area (Å²) < 4.78 is 11.1. The molecule has 3 rings (SSSR count). The molecule has 5 heteroatoms. The van der Waals surface area contributed by atoms with Gasteiger partial charge in [0, 0.05) is 17.3 Å². The Kier molecular flexibility index (Phi) is 5.41. The molecule has 0 radical (unpaired) electrons. The Labute approximate surface area is 159 Å². The molecule has 0 aliphatic rings. The van der Waals surface area contributed by atoms with Crippen LogP contribution in [0.2, 0.25) is 0 Å². The molecular formula is C22H22N2O3. The fourth-order valence-electron chi connectivity index (χ4n) is 2.80. The first-order valence-corrected chi connectivity index (χ1v) is 8.63. The topological polar surface area (TPSA) is 60.5 Å². The molecule has 1 N–H and O–H groups in total. The van der Waals surface area contributed by atoms with E-state index in [1.165, 1.54) is 0 Å².